The molecule has 19 heavy (non-hydrogen) atoms. The van der Waals surface area contributed by atoms with Crippen molar-refractivity contribution in [2.24, 2.45) is 0 Å². The van der Waals surface area contributed by atoms with Crippen molar-refractivity contribution in [1.82, 2.24) is 5.32 Å². The Hall–Kier alpha value is -2.37. The molecule has 100 valence electrons. The third-order valence-corrected chi connectivity index (χ3v) is 2.93. The number of aliphatic carboxylic acids is 1. The van der Waals surface area contributed by atoms with Gasteiger partial charge in [0, 0.05) is 6.42 Å². The number of carboxylic acid groups (broad SMARTS) is 1. The van der Waals surface area contributed by atoms with Gasteiger partial charge in [0.05, 0.1) is 5.69 Å². The number of carbonyl (C=O) groups is 3. The van der Waals surface area contributed by atoms with Crippen LogP contribution in [-0.4, -0.2) is 29.1 Å². The van der Waals surface area contributed by atoms with E-state index in [0.29, 0.717) is 5.69 Å². The van der Waals surface area contributed by atoms with E-state index >= 15 is 0 Å². The highest BCUT2D eigenvalue weighted by Crippen LogP contribution is 2.21. The highest BCUT2D eigenvalue weighted by atomic mass is 16.4. The van der Waals surface area contributed by atoms with Crippen molar-refractivity contribution in [3.8, 4) is 0 Å². The number of nitrogens with one attached hydrogen (secondary N) is 1. The number of aryl methyl sites for hydroxylation is 1. The zero-order valence-corrected chi connectivity index (χ0v) is 10.4. The van der Waals surface area contributed by atoms with Crippen molar-refractivity contribution in [3.05, 3.63) is 29.8 Å². The van der Waals surface area contributed by atoms with E-state index < -0.39 is 23.9 Å². The molecule has 1 fully saturated rings. The van der Waals surface area contributed by atoms with E-state index in [-0.39, 0.29) is 12.8 Å². The standard InChI is InChI=1S/C13H14N2O4/c1-8-3-2-4-9(7-8)15-12(18)10(14-13(15)19)5-6-11(16)17/h2-4,7,10H,5-6H2,1H3,(H,14,19)(H,16,17)/t10-/m1/s1. The summed E-state index contributed by atoms with van der Waals surface area (Å²) < 4.78 is 0. The van der Waals surface area contributed by atoms with Crippen LogP contribution in [0.25, 0.3) is 0 Å². The largest absolute Gasteiger partial charge is 0.481 e. The van der Waals surface area contributed by atoms with Crippen LogP contribution in [-0.2, 0) is 9.59 Å². The van der Waals surface area contributed by atoms with Gasteiger partial charge in [0.1, 0.15) is 6.04 Å². The van der Waals surface area contributed by atoms with Crippen LogP contribution >= 0.6 is 0 Å². The number of amides is 3. The minimum Gasteiger partial charge on any atom is -0.481 e. The summed E-state index contributed by atoms with van der Waals surface area (Å²) in [5.41, 5.74) is 1.44. The molecule has 0 aliphatic carbocycles. The Labute approximate surface area is 110 Å². The second kappa shape index (κ2) is 5.09. The van der Waals surface area contributed by atoms with Gasteiger partial charge in [-0.25, -0.2) is 9.69 Å². The molecule has 2 rings (SSSR count). The fraction of sp³-hybridized carbons (Fsp3) is 0.308. The number of nitrogens with zero attached hydrogens (tertiary/aromatic N) is 1. The number of carbonyl (C=O) groups excluding carboxylic acids is 2. The average molecular weight is 262 g/mol. The van der Waals surface area contributed by atoms with E-state index in [4.69, 9.17) is 5.11 Å². The van der Waals surface area contributed by atoms with Gasteiger partial charge in [-0.05, 0) is 31.0 Å². The maximum Gasteiger partial charge on any atom is 0.329 e. The minimum atomic E-state index is -0.990. The fourth-order valence-corrected chi connectivity index (χ4v) is 2.01. The molecule has 0 bridgehead atoms. The highest BCUT2D eigenvalue weighted by Gasteiger charge is 2.38. The Balaban J connectivity index is 2.17. The van der Waals surface area contributed by atoms with Crippen LogP contribution < -0.4 is 10.2 Å². The molecule has 2 N–H and O–H groups in total. The van der Waals surface area contributed by atoms with Crippen LogP contribution in [0, 0.1) is 6.92 Å². The van der Waals surface area contributed by atoms with Crippen molar-refractivity contribution in [1.29, 1.82) is 0 Å². The van der Waals surface area contributed by atoms with Gasteiger partial charge in [-0.1, -0.05) is 12.1 Å². The van der Waals surface area contributed by atoms with Gasteiger partial charge in [0.15, 0.2) is 0 Å². The van der Waals surface area contributed by atoms with Gasteiger partial charge in [0.2, 0.25) is 0 Å². The molecule has 6 nitrogen and oxygen atoms in total. The molecule has 0 unspecified atom stereocenters. The van der Waals surface area contributed by atoms with E-state index in [2.05, 4.69) is 5.32 Å². The fourth-order valence-electron chi connectivity index (χ4n) is 2.01. The second-order valence-electron chi connectivity index (χ2n) is 4.45. The number of rotatable bonds is 4. The molecule has 0 spiro atoms. The molecule has 6 heteroatoms. The molecule has 1 atom stereocenters. The van der Waals surface area contributed by atoms with Crippen molar-refractivity contribution < 1.29 is 19.5 Å². The van der Waals surface area contributed by atoms with Gasteiger partial charge in [-0.15, -0.1) is 0 Å². The summed E-state index contributed by atoms with van der Waals surface area (Å²) in [7, 11) is 0. The topological polar surface area (TPSA) is 86.7 Å². The lowest BCUT2D eigenvalue weighted by molar-refractivity contribution is -0.137. The van der Waals surface area contributed by atoms with Crippen LogP contribution in [0.3, 0.4) is 0 Å². The molecular formula is C13H14N2O4. The predicted molar refractivity (Wildman–Crippen MR) is 67.9 cm³/mol. The van der Waals surface area contributed by atoms with Crippen LogP contribution in [0.5, 0.6) is 0 Å². The SMILES string of the molecule is Cc1cccc(N2C(=O)N[C@H](CCC(=O)O)C2=O)c1. The summed E-state index contributed by atoms with van der Waals surface area (Å²) in [5, 5.41) is 11.1. The first-order valence-corrected chi connectivity index (χ1v) is 5.92. The van der Waals surface area contributed by atoms with Gasteiger partial charge < -0.3 is 10.4 Å². The number of hydrogen-bond acceptors (Lipinski definition) is 3. The van der Waals surface area contributed by atoms with E-state index in [1.807, 2.05) is 13.0 Å². The Morgan fingerprint density at radius 1 is 1.42 bits per heavy atom. The highest BCUT2D eigenvalue weighted by molar-refractivity contribution is 6.21. The Morgan fingerprint density at radius 2 is 2.16 bits per heavy atom. The zero-order chi connectivity index (χ0) is 14.0. The van der Waals surface area contributed by atoms with Crippen LogP contribution in [0.2, 0.25) is 0 Å². The zero-order valence-electron chi connectivity index (χ0n) is 10.4. The van der Waals surface area contributed by atoms with Crippen molar-refractivity contribution >= 4 is 23.6 Å². The van der Waals surface area contributed by atoms with Crippen LogP contribution in [0.4, 0.5) is 10.5 Å². The number of urea groups is 1. The molecule has 1 aromatic rings. The molecule has 3 amide bonds. The number of carboxylic acids is 1. The lowest BCUT2D eigenvalue weighted by Crippen LogP contribution is -2.31. The summed E-state index contributed by atoms with van der Waals surface area (Å²) in [6.45, 7) is 1.86. The minimum absolute atomic E-state index is 0.0994. The van der Waals surface area contributed by atoms with E-state index in [9.17, 15) is 14.4 Å². The summed E-state index contributed by atoms with van der Waals surface area (Å²) in [6.07, 6.45) is -0.0550. The molecule has 1 aliphatic rings. The number of hydrogen-bond donors (Lipinski definition) is 2. The normalized spacial score (nSPS) is 18.6. The molecule has 1 aliphatic heterocycles. The van der Waals surface area contributed by atoms with Crippen molar-refractivity contribution in [2.75, 3.05) is 4.90 Å². The number of benzene rings is 1. The molecule has 0 saturated carbocycles. The molecule has 1 heterocycles. The van der Waals surface area contributed by atoms with Gasteiger partial charge in [0.25, 0.3) is 5.91 Å². The second-order valence-corrected chi connectivity index (χ2v) is 4.45. The van der Waals surface area contributed by atoms with E-state index in [1.165, 1.54) is 0 Å². The lowest BCUT2D eigenvalue weighted by Gasteiger charge is -2.13. The molecule has 0 aromatic heterocycles. The van der Waals surface area contributed by atoms with E-state index in [1.54, 1.807) is 18.2 Å². The Kier molecular flexibility index (Phi) is 3.50. The summed E-state index contributed by atoms with van der Waals surface area (Å²) in [5.74, 6) is -1.40. The Morgan fingerprint density at radius 3 is 2.79 bits per heavy atom. The number of imide groups is 1. The lowest BCUT2D eigenvalue weighted by atomic mass is 10.1. The van der Waals surface area contributed by atoms with Crippen molar-refractivity contribution in [2.45, 2.75) is 25.8 Å². The van der Waals surface area contributed by atoms with Crippen LogP contribution in [0.1, 0.15) is 18.4 Å². The monoisotopic (exact) mass is 262 g/mol. The van der Waals surface area contributed by atoms with Gasteiger partial charge >= 0.3 is 12.0 Å². The predicted octanol–water partition coefficient (Wildman–Crippen LogP) is 1.28. The van der Waals surface area contributed by atoms with Gasteiger partial charge in [-0.3, -0.25) is 9.59 Å². The molecule has 1 aromatic carbocycles. The average Bonchev–Trinajstić information content (AvgIpc) is 2.62. The summed E-state index contributed by atoms with van der Waals surface area (Å²) in [6, 6.07) is 5.76. The third-order valence-electron chi connectivity index (χ3n) is 2.93. The smallest absolute Gasteiger partial charge is 0.329 e. The maximum atomic E-state index is 12.1. The quantitative estimate of drug-likeness (QED) is 0.800. The third kappa shape index (κ3) is 2.73. The Bertz CT molecular complexity index is 541. The van der Waals surface area contributed by atoms with Crippen molar-refractivity contribution in [3.63, 3.8) is 0 Å². The number of anilines is 1. The van der Waals surface area contributed by atoms with Crippen LogP contribution in [0.15, 0.2) is 24.3 Å². The molecular weight excluding hydrogens is 248 g/mol. The molecule has 0 radical (unpaired) electrons. The molecule has 1 saturated heterocycles. The first-order valence-electron chi connectivity index (χ1n) is 5.92. The van der Waals surface area contributed by atoms with Gasteiger partial charge in [-0.2, -0.15) is 0 Å². The van der Waals surface area contributed by atoms with E-state index in [0.717, 1.165) is 10.5 Å². The summed E-state index contributed by atoms with van der Waals surface area (Å²) >= 11 is 0. The summed E-state index contributed by atoms with van der Waals surface area (Å²) in [4.78, 5) is 35.4. The first kappa shape index (κ1) is 13.1. The first-order chi connectivity index (χ1) is 8.99. The maximum absolute atomic E-state index is 12.1.